The van der Waals surface area contributed by atoms with Gasteiger partial charge in [0.15, 0.2) is 12.2 Å². The molecule has 0 fully saturated rings. The van der Waals surface area contributed by atoms with Crippen molar-refractivity contribution >= 4 is 32.8 Å². The quantitative estimate of drug-likeness (QED) is 0.466. The Balaban J connectivity index is 1.52. The second-order valence-electron chi connectivity index (χ2n) is 6.26. The fourth-order valence-electron chi connectivity index (χ4n) is 2.75. The number of esters is 1. The van der Waals surface area contributed by atoms with Crippen LogP contribution in [0, 0.1) is 5.82 Å². The minimum absolute atomic E-state index is 0.0132. The van der Waals surface area contributed by atoms with Crippen molar-refractivity contribution in [1.29, 1.82) is 0 Å². The molecule has 0 saturated carbocycles. The first-order valence-electron chi connectivity index (χ1n) is 8.81. The number of oxazole rings is 1. The van der Waals surface area contributed by atoms with Gasteiger partial charge in [-0.2, -0.15) is 0 Å². The van der Waals surface area contributed by atoms with Gasteiger partial charge in [0.05, 0.1) is 16.1 Å². The first-order chi connectivity index (χ1) is 14.4. The molecule has 1 N–H and O–H groups in total. The molecule has 0 saturated heterocycles. The molecule has 0 aliphatic heterocycles. The standard InChI is InChI=1S/C21H15FN2O5S/c22-14-9-11-15(12-10-14)30(26,27)24-17-6-2-1-5-16(17)21(25)28-13-20-23-18-7-3-4-8-19(18)29-20/h1-12,24H,13H2. The molecule has 3 aromatic carbocycles. The van der Waals surface area contributed by atoms with Gasteiger partial charge >= 0.3 is 5.97 Å². The number of carbonyl (C=O) groups excluding carboxylic acids is 1. The molecule has 1 heterocycles. The molecule has 4 rings (SSSR count). The van der Waals surface area contributed by atoms with Gasteiger partial charge in [0.2, 0.25) is 5.89 Å². The normalized spacial score (nSPS) is 11.4. The summed E-state index contributed by atoms with van der Waals surface area (Å²) in [5, 5.41) is 0. The molecule has 0 amide bonds. The Bertz CT molecular complexity index is 1280. The predicted octanol–water partition coefficient (Wildman–Crippen LogP) is 4.12. The predicted molar refractivity (Wildman–Crippen MR) is 107 cm³/mol. The zero-order chi connectivity index (χ0) is 21.1. The molecule has 4 aromatic rings. The van der Waals surface area contributed by atoms with Gasteiger partial charge in [-0.05, 0) is 48.5 Å². The first kappa shape index (κ1) is 19.6. The van der Waals surface area contributed by atoms with Crippen LogP contribution in [-0.4, -0.2) is 19.4 Å². The number of benzene rings is 3. The Hall–Kier alpha value is -3.72. The van der Waals surface area contributed by atoms with Crippen LogP contribution in [0.25, 0.3) is 11.1 Å². The highest BCUT2D eigenvalue weighted by atomic mass is 32.2. The lowest BCUT2D eigenvalue weighted by atomic mass is 10.2. The van der Waals surface area contributed by atoms with Crippen LogP contribution in [0.3, 0.4) is 0 Å². The van der Waals surface area contributed by atoms with E-state index in [9.17, 15) is 17.6 Å². The lowest BCUT2D eigenvalue weighted by Gasteiger charge is -2.12. The van der Waals surface area contributed by atoms with Crippen molar-refractivity contribution < 1.29 is 26.8 Å². The van der Waals surface area contributed by atoms with Gasteiger partial charge in [0.25, 0.3) is 10.0 Å². The van der Waals surface area contributed by atoms with E-state index < -0.39 is 21.8 Å². The summed E-state index contributed by atoms with van der Waals surface area (Å²) in [6, 6.07) is 17.5. The molecule has 0 aliphatic rings. The van der Waals surface area contributed by atoms with Crippen molar-refractivity contribution in [3.63, 3.8) is 0 Å². The third-order valence-electron chi connectivity index (χ3n) is 4.18. The third kappa shape index (κ3) is 4.15. The van der Waals surface area contributed by atoms with Gasteiger partial charge in [0.1, 0.15) is 11.3 Å². The zero-order valence-corrected chi connectivity index (χ0v) is 16.2. The zero-order valence-electron chi connectivity index (χ0n) is 15.4. The Morgan fingerprint density at radius 2 is 1.70 bits per heavy atom. The number of nitrogens with zero attached hydrogens (tertiary/aromatic N) is 1. The van der Waals surface area contributed by atoms with Crippen molar-refractivity contribution in [3.8, 4) is 0 Å². The SMILES string of the molecule is O=C(OCc1nc2ccccc2o1)c1ccccc1NS(=O)(=O)c1ccc(F)cc1. The monoisotopic (exact) mass is 426 g/mol. The summed E-state index contributed by atoms with van der Waals surface area (Å²) in [4.78, 5) is 16.6. The molecule has 9 heteroatoms. The summed E-state index contributed by atoms with van der Waals surface area (Å²) in [5.74, 6) is -1.10. The summed E-state index contributed by atoms with van der Waals surface area (Å²) in [6.45, 7) is -0.216. The number of fused-ring (bicyclic) bond motifs is 1. The highest BCUT2D eigenvalue weighted by Crippen LogP contribution is 2.22. The van der Waals surface area contributed by atoms with Crippen molar-refractivity contribution in [2.75, 3.05) is 4.72 Å². The van der Waals surface area contributed by atoms with E-state index in [2.05, 4.69) is 9.71 Å². The maximum Gasteiger partial charge on any atom is 0.340 e. The van der Waals surface area contributed by atoms with Crippen molar-refractivity contribution in [3.05, 3.63) is 90.1 Å². The molecule has 30 heavy (non-hydrogen) atoms. The topological polar surface area (TPSA) is 98.5 Å². The summed E-state index contributed by atoms with van der Waals surface area (Å²) in [7, 11) is -4.03. The second-order valence-corrected chi connectivity index (χ2v) is 7.94. The number of para-hydroxylation sites is 3. The third-order valence-corrected chi connectivity index (χ3v) is 5.56. The number of rotatable bonds is 6. The molecule has 0 radical (unpaired) electrons. The van der Waals surface area contributed by atoms with Crippen LogP contribution in [0.2, 0.25) is 0 Å². The Labute approximate surface area is 171 Å². The summed E-state index contributed by atoms with van der Waals surface area (Å²) in [5.41, 5.74) is 1.25. The molecular weight excluding hydrogens is 411 g/mol. The van der Waals surface area contributed by atoms with Gasteiger partial charge in [0, 0.05) is 0 Å². The number of halogens is 1. The maximum atomic E-state index is 13.1. The second kappa shape index (κ2) is 7.96. The van der Waals surface area contributed by atoms with Gasteiger partial charge in [-0.15, -0.1) is 0 Å². The molecule has 152 valence electrons. The highest BCUT2D eigenvalue weighted by molar-refractivity contribution is 7.92. The number of aromatic nitrogens is 1. The van der Waals surface area contributed by atoms with Crippen LogP contribution in [0.1, 0.15) is 16.2 Å². The fourth-order valence-corrected chi connectivity index (χ4v) is 3.83. The van der Waals surface area contributed by atoms with Gasteiger partial charge in [-0.25, -0.2) is 22.6 Å². The number of anilines is 1. The molecule has 0 bridgehead atoms. The molecule has 0 aliphatic carbocycles. The highest BCUT2D eigenvalue weighted by Gasteiger charge is 2.20. The number of hydrogen-bond donors (Lipinski definition) is 1. The number of ether oxygens (including phenoxy) is 1. The Morgan fingerprint density at radius 1 is 1.00 bits per heavy atom. The molecule has 1 aromatic heterocycles. The Kier molecular flexibility index (Phi) is 5.20. The van der Waals surface area contributed by atoms with Crippen LogP contribution in [0.4, 0.5) is 10.1 Å². The number of hydrogen-bond acceptors (Lipinski definition) is 6. The molecule has 0 unspecified atom stereocenters. The minimum atomic E-state index is -4.03. The summed E-state index contributed by atoms with van der Waals surface area (Å²) in [6.07, 6.45) is 0. The van der Waals surface area contributed by atoms with E-state index >= 15 is 0 Å². The van der Waals surface area contributed by atoms with Crippen molar-refractivity contribution in [1.82, 2.24) is 4.98 Å². The van der Waals surface area contributed by atoms with Gasteiger partial charge in [-0.1, -0.05) is 24.3 Å². The molecular formula is C21H15FN2O5S. The molecule has 7 nitrogen and oxygen atoms in total. The smallest absolute Gasteiger partial charge is 0.340 e. The molecule has 0 spiro atoms. The van der Waals surface area contributed by atoms with Crippen LogP contribution in [0.15, 0.2) is 82.1 Å². The van der Waals surface area contributed by atoms with Crippen LogP contribution in [-0.2, 0) is 21.4 Å². The number of carbonyl (C=O) groups is 1. The van der Waals surface area contributed by atoms with E-state index in [4.69, 9.17) is 9.15 Å². The van der Waals surface area contributed by atoms with E-state index in [0.29, 0.717) is 11.1 Å². The van der Waals surface area contributed by atoms with Crippen molar-refractivity contribution in [2.45, 2.75) is 11.5 Å². The lowest BCUT2D eigenvalue weighted by Crippen LogP contribution is -2.16. The van der Waals surface area contributed by atoms with Crippen LogP contribution >= 0.6 is 0 Å². The van der Waals surface area contributed by atoms with E-state index in [-0.39, 0.29) is 28.6 Å². The lowest BCUT2D eigenvalue weighted by molar-refractivity contribution is 0.0441. The van der Waals surface area contributed by atoms with Crippen LogP contribution < -0.4 is 4.72 Å². The van der Waals surface area contributed by atoms with E-state index in [0.717, 1.165) is 24.3 Å². The summed E-state index contributed by atoms with van der Waals surface area (Å²) >= 11 is 0. The maximum absolute atomic E-state index is 13.1. The largest absolute Gasteiger partial charge is 0.452 e. The average Bonchev–Trinajstić information content (AvgIpc) is 3.15. The van der Waals surface area contributed by atoms with E-state index in [1.54, 1.807) is 30.3 Å². The summed E-state index contributed by atoms with van der Waals surface area (Å²) < 4.78 is 51.3. The molecule has 0 atom stereocenters. The van der Waals surface area contributed by atoms with Crippen molar-refractivity contribution in [2.24, 2.45) is 0 Å². The fraction of sp³-hybridized carbons (Fsp3) is 0.0476. The Morgan fingerprint density at radius 3 is 2.47 bits per heavy atom. The van der Waals surface area contributed by atoms with Gasteiger partial charge < -0.3 is 9.15 Å². The van der Waals surface area contributed by atoms with E-state index in [1.807, 2.05) is 6.07 Å². The first-order valence-corrected chi connectivity index (χ1v) is 10.3. The van der Waals surface area contributed by atoms with E-state index in [1.165, 1.54) is 12.1 Å². The minimum Gasteiger partial charge on any atom is -0.452 e. The number of nitrogens with one attached hydrogen (secondary N) is 1. The van der Waals surface area contributed by atoms with Gasteiger partial charge in [-0.3, -0.25) is 4.72 Å². The number of sulfonamides is 1. The van der Waals surface area contributed by atoms with Crippen LogP contribution in [0.5, 0.6) is 0 Å². The average molecular weight is 426 g/mol.